The van der Waals surface area contributed by atoms with Crippen LogP contribution in [-0.2, 0) is 76.3 Å². The Kier molecular flexibility index (Phi) is 34.6. The minimum Gasteiger partial charge on any atom is -0.462 e. The Labute approximate surface area is 765 Å². The molecular formula is C111H168O16. The Balaban J connectivity index is 0.000000132. The first-order chi connectivity index (χ1) is 60.3. The lowest BCUT2D eigenvalue weighted by atomic mass is 9.46. The van der Waals surface area contributed by atoms with Crippen molar-refractivity contribution in [2.45, 2.75) is 314 Å². The molecule has 0 radical (unpaired) electrons. The van der Waals surface area contributed by atoms with E-state index in [1.165, 1.54) is 231 Å². The molecule has 0 aromatic heterocycles. The fourth-order valence-electron chi connectivity index (χ4n) is 30.3. The molecule has 0 saturated heterocycles. The lowest BCUT2D eigenvalue weighted by Crippen LogP contribution is -2.53. The summed E-state index contributed by atoms with van der Waals surface area (Å²) in [7, 11) is 0. The molecule has 21 aliphatic carbocycles. The van der Waals surface area contributed by atoms with Crippen LogP contribution in [0.4, 0.5) is 0 Å². The van der Waals surface area contributed by atoms with Crippen molar-refractivity contribution in [1.82, 2.24) is 0 Å². The van der Waals surface area contributed by atoms with Crippen LogP contribution in [0.2, 0.25) is 0 Å². The first-order valence-corrected chi connectivity index (χ1v) is 50.9. The van der Waals surface area contributed by atoms with Crippen molar-refractivity contribution >= 4 is 47.8 Å². The van der Waals surface area contributed by atoms with Gasteiger partial charge in [-0.2, -0.15) is 0 Å². The van der Waals surface area contributed by atoms with E-state index < -0.39 is 0 Å². The topological polar surface area (TPSA) is 210 Å². The molecule has 0 amide bonds. The van der Waals surface area contributed by atoms with Gasteiger partial charge in [-0.25, -0.2) is 38.4 Å². The summed E-state index contributed by atoms with van der Waals surface area (Å²) in [5, 5.41) is 0. The van der Waals surface area contributed by atoms with Gasteiger partial charge in [0.25, 0.3) is 0 Å². The highest BCUT2D eigenvalue weighted by Gasteiger charge is 2.64. The van der Waals surface area contributed by atoms with E-state index in [-0.39, 0.29) is 53.2 Å². The Hall–Kier alpha value is -6.32. The Morgan fingerprint density at radius 3 is 1.09 bits per heavy atom. The highest BCUT2D eigenvalue weighted by Crippen LogP contribution is 2.71. The molecule has 0 aromatic rings. The number of hydrogen-bond acceptors (Lipinski definition) is 16. The van der Waals surface area contributed by atoms with Crippen molar-refractivity contribution in [2.24, 2.45) is 182 Å². The molecule has 18 unspecified atom stereocenters. The second-order valence-electron chi connectivity index (χ2n) is 46.4. The maximum atomic E-state index is 11.6. The minimum atomic E-state index is -0.248. The van der Waals surface area contributed by atoms with Crippen LogP contribution in [-0.4, -0.2) is 101 Å². The van der Waals surface area contributed by atoms with Crippen LogP contribution in [0.25, 0.3) is 0 Å². The molecule has 16 heteroatoms. The van der Waals surface area contributed by atoms with Gasteiger partial charge in [-0.05, 0) is 418 Å². The van der Waals surface area contributed by atoms with Crippen molar-refractivity contribution in [3.8, 4) is 0 Å². The zero-order chi connectivity index (χ0) is 91.7. The average molecular weight is 1760 g/mol. The monoisotopic (exact) mass is 1760 g/mol. The Morgan fingerprint density at radius 2 is 0.654 bits per heavy atom. The highest BCUT2D eigenvalue weighted by atomic mass is 16.6. The summed E-state index contributed by atoms with van der Waals surface area (Å²) in [6, 6.07) is 0. The van der Waals surface area contributed by atoms with Gasteiger partial charge < -0.3 is 37.9 Å². The van der Waals surface area contributed by atoms with E-state index in [0.29, 0.717) is 150 Å². The molecular weight excluding hydrogens is 1590 g/mol. The second-order valence-corrected chi connectivity index (χ2v) is 46.4. The third-order valence-corrected chi connectivity index (χ3v) is 37.2. The van der Waals surface area contributed by atoms with E-state index in [4.69, 9.17) is 37.9 Å². The first kappa shape index (κ1) is 99.7. The van der Waals surface area contributed by atoms with Crippen LogP contribution in [0.15, 0.2) is 97.2 Å². The number of ether oxygens (including phenoxy) is 8. The number of rotatable bonds is 24. The van der Waals surface area contributed by atoms with Gasteiger partial charge in [-0.1, -0.05) is 125 Å². The van der Waals surface area contributed by atoms with E-state index in [9.17, 15) is 38.4 Å². The number of carbonyl (C=O) groups excluding carboxylic acids is 8. The molecule has 16 nitrogen and oxygen atoms in total. The van der Waals surface area contributed by atoms with E-state index in [2.05, 4.69) is 80.3 Å². The number of fused-ring (bicyclic) bond motifs is 18. The summed E-state index contributed by atoms with van der Waals surface area (Å²) in [5.41, 5.74) is 5.05. The summed E-state index contributed by atoms with van der Waals surface area (Å²) in [4.78, 5) is 90.7. The predicted octanol–water partition coefficient (Wildman–Crippen LogP) is 24.4. The smallest absolute Gasteiger partial charge is 0.333 e. The van der Waals surface area contributed by atoms with Gasteiger partial charge in [-0.3, -0.25) is 0 Å². The molecule has 18 atom stereocenters. The number of esters is 8. The fraction of sp³-hybridized carbons (Fsp3) is 0.784. The molecule has 18 bridgehead atoms. The lowest BCUT2D eigenvalue weighted by molar-refractivity contribution is -0.159. The van der Waals surface area contributed by atoms with Crippen LogP contribution in [0.5, 0.6) is 0 Å². The van der Waals surface area contributed by atoms with Crippen molar-refractivity contribution < 1.29 is 76.3 Å². The molecule has 0 N–H and O–H groups in total. The Bertz CT molecular complexity index is 3910. The van der Waals surface area contributed by atoms with Crippen molar-refractivity contribution in [2.75, 3.05) is 52.9 Å². The van der Waals surface area contributed by atoms with Gasteiger partial charge in [-0.15, -0.1) is 0 Å². The number of hydrogen-bond donors (Lipinski definition) is 0. The van der Waals surface area contributed by atoms with Crippen LogP contribution < -0.4 is 0 Å². The zero-order valence-electron chi connectivity index (χ0n) is 81.0. The van der Waals surface area contributed by atoms with Crippen LogP contribution in [0.3, 0.4) is 0 Å². The molecule has 21 saturated carbocycles. The molecule has 708 valence electrons. The van der Waals surface area contributed by atoms with Crippen LogP contribution in [0.1, 0.15) is 314 Å². The third-order valence-electron chi connectivity index (χ3n) is 37.2. The molecule has 0 aliphatic heterocycles. The molecule has 21 aliphatic rings. The standard InChI is InChI=1S/C17H24O2.C16H24O2.2C15H22O2.C15H24O2.C12H18O2.C11H18O2.C10H16O2/c1-9(2)17(18)19-8-13-6-12-7-14(13)16-11-4-3-10(5-11)15(12)16;1-10(2)15(17)18-9-16(3)13-5-11-4-12(7-13)8-14(16)6-11;1-9(2)15(16)17-8-14-12-4-10-3-11(6-12)7-13(14)5-10;1-9(2)15(16)17-8-11-6-10-7-14(11)13-5-3-4-12(10)13;1-10(2)13(16)17-9-12-8-11-6-7-15(12,5)14(11,3)4;1-8(2)12(13)14-7-11-6-9-3-4-10(11)5-9;1-9(2)11(12)13-8-10-6-4-3-5-7-10;1-8(2)10(11)12-7-9-5-3-4-6-9/h10-16H,1,3-8H2,2H3;11-14H,1,4-9H2,2-3H3;2*10-14H,1,3-8H2,2H3;11-12H,1,6-9H2,2-5H3;9-11H,1,3-7H2,2H3;10H,1,3-8H2,2H3;9H,1,3-7H2,2H3. The zero-order valence-corrected chi connectivity index (χ0v) is 81.0. The maximum absolute atomic E-state index is 11.6. The van der Waals surface area contributed by atoms with E-state index >= 15 is 0 Å². The molecule has 0 heterocycles. The summed E-state index contributed by atoms with van der Waals surface area (Å²) >= 11 is 0. The minimum absolute atomic E-state index is 0.202. The predicted molar refractivity (Wildman–Crippen MR) is 500 cm³/mol. The highest BCUT2D eigenvalue weighted by molar-refractivity contribution is 5.89. The molecule has 21 rings (SSSR count). The second kappa shape index (κ2) is 44.0. The Morgan fingerprint density at radius 1 is 0.268 bits per heavy atom. The van der Waals surface area contributed by atoms with Crippen molar-refractivity contribution in [3.63, 3.8) is 0 Å². The largest absolute Gasteiger partial charge is 0.462 e. The molecule has 21 fully saturated rings. The quantitative estimate of drug-likeness (QED) is 0.0381. The van der Waals surface area contributed by atoms with Gasteiger partial charge in [0.1, 0.15) is 0 Å². The normalized spacial score (nSPS) is 37.6. The van der Waals surface area contributed by atoms with Gasteiger partial charge in [0.2, 0.25) is 0 Å². The maximum Gasteiger partial charge on any atom is 0.333 e. The van der Waals surface area contributed by atoms with Gasteiger partial charge in [0, 0.05) is 50.0 Å². The summed E-state index contributed by atoms with van der Waals surface area (Å²) < 4.78 is 42.4. The van der Waals surface area contributed by atoms with Gasteiger partial charge in [0.15, 0.2) is 0 Å². The summed E-state index contributed by atoms with van der Waals surface area (Å²) in [5.74, 6) is 21.9. The SMILES string of the molecule is C=C(C)C(=O)OCC1(C)C2CC3CC(C2)CC1C3.C=C(C)C(=O)OCC1C2CC3CC(C2)CC1C3.C=C(C)C(=O)OCC1CC2CC1C1C3CCC(C3)C21.C=C(C)C(=O)OCC1CC2CC1C1CCCC21.C=C(C)C(=O)OCC1CC2CCC1(C)C2(C)C.C=C(C)C(=O)OCC1CC2CCC1C2.C=C(C)C(=O)OCC1CCCC1.C=C(C)C(=O)OCC1CCCCC1. The molecule has 0 spiro atoms. The van der Waals surface area contributed by atoms with Gasteiger partial charge in [0.05, 0.1) is 52.9 Å². The molecule has 0 aromatic carbocycles. The lowest BCUT2D eigenvalue weighted by Gasteiger charge is -2.59. The van der Waals surface area contributed by atoms with Crippen LogP contribution >= 0.6 is 0 Å². The van der Waals surface area contributed by atoms with Crippen molar-refractivity contribution in [3.05, 3.63) is 97.2 Å². The van der Waals surface area contributed by atoms with E-state index in [1.54, 1.807) is 55.4 Å². The number of carbonyl (C=O) groups is 8. The first-order valence-electron chi connectivity index (χ1n) is 50.9. The average Bonchev–Trinajstić information content (AvgIpc) is 1.59. The third kappa shape index (κ3) is 24.4. The fourth-order valence-corrected chi connectivity index (χ4v) is 30.3. The summed E-state index contributed by atoms with van der Waals surface area (Å²) in [6.45, 7) is 56.9. The van der Waals surface area contributed by atoms with Crippen molar-refractivity contribution in [1.29, 1.82) is 0 Å². The van der Waals surface area contributed by atoms with Gasteiger partial charge >= 0.3 is 47.8 Å². The van der Waals surface area contributed by atoms with Crippen LogP contribution in [0, 0.1) is 182 Å². The summed E-state index contributed by atoms with van der Waals surface area (Å²) in [6.07, 6.45) is 48.8. The van der Waals surface area contributed by atoms with E-state index in [1.807, 2.05) is 0 Å². The molecule has 127 heavy (non-hydrogen) atoms. The van der Waals surface area contributed by atoms with E-state index in [0.717, 1.165) is 124 Å².